The van der Waals surface area contributed by atoms with Crippen LogP contribution in [0.4, 0.5) is 10.7 Å². The molecule has 0 unspecified atom stereocenters. The van der Waals surface area contributed by atoms with Gasteiger partial charge in [-0.3, -0.25) is 9.36 Å². The second kappa shape index (κ2) is 11.6. The molecule has 0 bridgehead atoms. The first-order valence-corrected chi connectivity index (χ1v) is 14.2. The lowest BCUT2D eigenvalue weighted by molar-refractivity contribution is -0.115. The quantitative estimate of drug-likeness (QED) is 0.254. The molecule has 9 heteroatoms. The molecule has 2 aromatic heterocycles. The van der Waals surface area contributed by atoms with Crippen LogP contribution in [-0.2, 0) is 24.2 Å². The number of aromatic nitrogens is 3. The third kappa shape index (κ3) is 5.71. The first-order valence-electron chi connectivity index (χ1n) is 12.4. The van der Waals surface area contributed by atoms with E-state index >= 15 is 0 Å². The summed E-state index contributed by atoms with van der Waals surface area (Å²) in [5, 5.41) is 26.4. The molecule has 7 nitrogen and oxygen atoms in total. The molecular formula is C28H28N6OS2. The van der Waals surface area contributed by atoms with Crippen molar-refractivity contribution in [3.8, 4) is 11.8 Å². The van der Waals surface area contributed by atoms with Crippen molar-refractivity contribution in [3.05, 3.63) is 82.0 Å². The summed E-state index contributed by atoms with van der Waals surface area (Å²) in [6.07, 6.45) is 4.49. The number of hydrogen-bond donors (Lipinski definition) is 2. The van der Waals surface area contributed by atoms with Crippen molar-refractivity contribution in [1.82, 2.24) is 14.8 Å². The van der Waals surface area contributed by atoms with Gasteiger partial charge in [-0.15, -0.1) is 21.5 Å². The average Bonchev–Trinajstić information content (AvgIpc) is 3.49. The zero-order valence-corrected chi connectivity index (χ0v) is 22.3. The van der Waals surface area contributed by atoms with Gasteiger partial charge in [-0.25, -0.2) is 0 Å². The van der Waals surface area contributed by atoms with E-state index in [4.69, 9.17) is 0 Å². The Balaban J connectivity index is 1.26. The Morgan fingerprint density at radius 2 is 1.89 bits per heavy atom. The summed E-state index contributed by atoms with van der Waals surface area (Å²) in [5.41, 5.74) is 4.98. The molecule has 0 aliphatic heterocycles. The van der Waals surface area contributed by atoms with E-state index in [2.05, 4.69) is 46.0 Å². The standard InChI is InChI=1S/C28H28N6OS2/c1-19-9-5-7-13-23(19)30-18-25-32-33-28(34(25)20-10-3-2-4-11-20)36-16-15-26(35)31-27-22(17-29)21-12-6-8-14-24(21)37-27/h2-5,7,9-11,13,30H,6,8,12,14-16,18H2,1H3,(H,31,35). The van der Waals surface area contributed by atoms with E-state index in [1.54, 1.807) is 11.3 Å². The fourth-order valence-corrected chi connectivity index (χ4v) is 6.65. The summed E-state index contributed by atoms with van der Waals surface area (Å²) >= 11 is 3.06. The van der Waals surface area contributed by atoms with E-state index in [0.29, 0.717) is 29.3 Å². The normalized spacial score (nSPS) is 12.5. The number of fused-ring (bicyclic) bond motifs is 1. The van der Waals surface area contributed by atoms with Gasteiger partial charge >= 0.3 is 0 Å². The lowest BCUT2D eigenvalue weighted by Crippen LogP contribution is -2.12. The minimum absolute atomic E-state index is 0.0881. The number of thioether (sulfide) groups is 1. The number of anilines is 2. The molecular weight excluding hydrogens is 500 g/mol. The van der Waals surface area contributed by atoms with Crippen LogP contribution in [0.5, 0.6) is 0 Å². The highest BCUT2D eigenvalue weighted by atomic mass is 32.2. The summed E-state index contributed by atoms with van der Waals surface area (Å²) < 4.78 is 2.04. The molecule has 0 radical (unpaired) electrons. The van der Waals surface area contributed by atoms with Crippen LogP contribution >= 0.6 is 23.1 Å². The van der Waals surface area contributed by atoms with Crippen molar-refractivity contribution >= 4 is 39.7 Å². The molecule has 0 fully saturated rings. The lowest BCUT2D eigenvalue weighted by atomic mass is 9.96. The summed E-state index contributed by atoms with van der Waals surface area (Å²) in [4.78, 5) is 14.0. The molecule has 2 N–H and O–H groups in total. The van der Waals surface area contributed by atoms with E-state index in [9.17, 15) is 10.1 Å². The molecule has 0 saturated carbocycles. The number of rotatable bonds is 9. The van der Waals surface area contributed by atoms with E-state index in [0.717, 1.165) is 53.6 Å². The Kier molecular flexibility index (Phi) is 7.87. The number of carbonyl (C=O) groups excluding carboxylic acids is 1. The number of aryl methyl sites for hydroxylation is 2. The fraction of sp³-hybridized carbons (Fsp3) is 0.286. The number of carbonyl (C=O) groups is 1. The van der Waals surface area contributed by atoms with Gasteiger partial charge in [-0.1, -0.05) is 48.2 Å². The van der Waals surface area contributed by atoms with Crippen LogP contribution in [-0.4, -0.2) is 26.4 Å². The highest BCUT2D eigenvalue weighted by Crippen LogP contribution is 2.37. The predicted molar refractivity (Wildman–Crippen MR) is 150 cm³/mol. The maximum Gasteiger partial charge on any atom is 0.225 e. The number of nitriles is 1. The summed E-state index contributed by atoms with van der Waals surface area (Å²) in [6.45, 7) is 2.59. The Bertz CT molecular complexity index is 1440. The molecule has 2 heterocycles. The second-order valence-corrected chi connectivity index (χ2v) is 11.1. The molecule has 1 aliphatic carbocycles. The van der Waals surface area contributed by atoms with Crippen molar-refractivity contribution in [3.63, 3.8) is 0 Å². The first-order chi connectivity index (χ1) is 18.1. The Morgan fingerprint density at radius 1 is 1.11 bits per heavy atom. The van der Waals surface area contributed by atoms with Gasteiger partial charge in [-0.05, 0) is 61.9 Å². The SMILES string of the molecule is Cc1ccccc1NCc1nnc(SCCC(=O)Nc2sc3c(c2C#N)CCCC3)n1-c1ccccc1. The maximum atomic E-state index is 12.8. The van der Waals surface area contributed by atoms with E-state index in [1.165, 1.54) is 22.2 Å². The molecule has 188 valence electrons. The average molecular weight is 529 g/mol. The lowest BCUT2D eigenvalue weighted by Gasteiger charge is -2.12. The van der Waals surface area contributed by atoms with Crippen LogP contribution in [0, 0.1) is 18.3 Å². The minimum atomic E-state index is -0.0881. The molecule has 1 aliphatic rings. The zero-order chi connectivity index (χ0) is 25.6. The van der Waals surface area contributed by atoms with Crippen LogP contribution in [0.15, 0.2) is 59.8 Å². The summed E-state index contributed by atoms with van der Waals surface area (Å²) in [7, 11) is 0. The van der Waals surface area contributed by atoms with Crippen LogP contribution in [0.3, 0.4) is 0 Å². The Labute approximate surface area is 224 Å². The smallest absolute Gasteiger partial charge is 0.225 e. The van der Waals surface area contributed by atoms with E-state index < -0.39 is 0 Å². The van der Waals surface area contributed by atoms with Crippen LogP contribution < -0.4 is 10.6 Å². The summed E-state index contributed by atoms with van der Waals surface area (Å²) in [5.74, 6) is 1.26. The van der Waals surface area contributed by atoms with Gasteiger partial charge in [0.15, 0.2) is 11.0 Å². The molecule has 5 rings (SSSR count). The van der Waals surface area contributed by atoms with Crippen molar-refractivity contribution in [2.75, 3.05) is 16.4 Å². The van der Waals surface area contributed by atoms with Crippen molar-refractivity contribution in [2.45, 2.75) is 50.7 Å². The Hall–Kier alpha value is -3.61. The number of hydrogen-bond acceptors (Lipinski definition) is 7. The highest BCUT2D eigenvalue weighted by Gasteiger charge is 2.22. The number of nitrogens with zero attached hydrogens (tertiary/aromatic N) is 4. The largest absolute Gasteiger partial charge is 0.378 e. The number of amides is 1. The van der Waals surface area contributed by atoms with E-state index in [-0.39, 0.29) is 5.91 Å². The van der Waals surface area contributed by atoms with Crippen LogP contribution in [0.1, 0.15) is 46.7 Å². The van der Waals surface area contributed by atoms with Crippen LogP contribution in [0.25, 0.3) is 5.69 Å². The number of nitrogens with one attached hydrogen (secondary N) is 2. The van der Waals surface area contributed by atoms with Gasteiger partial charge in [0.05, 0.1) is 12.1 Å². The van der Waals surface area contributed by atoms with Crippen molar-refractivity contribution in [2.24, 2.45) is 0 Å². The monoisotopic (exact) mass is 528 g/mol. The molecule has 1 amide bonds. The van der Waals surface area contributed by atoms with E-state index in [1.807, 2.05) is 47.0 Å². The van der Waals surface area contributed by atoms with Gasteiger partial charge in [0.25, 0.3) is 0 Å². The fourth-order valence-electron chi connectivity index (χ4n) is 4.49. The predicted octanol–water partition coefficient (Wildman–Crippen LogP) is 6.12. The molecule has 37 heavy (non-hydrogen) atoms. The number of benzene rings is 2. The second-order valence-electron chi connectivity index (χ2n) is 8.91. The maximum absolute atomic E-state index is 12.8. The molecule has 0 saturated heterocycles. The Morgan fingerprint density at radius 3 is 2.70 bits per heavy atom. The third-order valence-electron chi connectivity index (χ3n) is 6.39. The van der Waals surface area contributed by atoms with Gasteiger partial charge in [0, 0.05) is 28.4 Å². The first kappa shape index (κ1) is 25.1. The molecule has 0 spiro atoms. The van der Waals surface area contributed by atoms with Gasteiger partial charge in [-0.2, -0.15) is 5.26 Å². The van der Waals surface area contributed by atoms with Gasteiger partial charge in [0.2, 0.25) is 5.91 Å². The van der Waals surface area contributed by atoms with Gasteiger partial charge < -0.3 is 10.6 Å². The number of para-hydroxylation sites is 2. The van der Waals surface area contributed by atoms with Crippen molar-refractivity contribution < 1.29 is 4.79 Å². The molecule has 2 aromatic carbocycles. The number of thiophene rings is 1. The minimum Gasteiger partial charge on any atom is -0.378 e. The van der Waals surface area contributed by atoms with Crippen LogP contribution in [0.2, 0.25) is 0 Å². The van der Waals surface area contributed by atoms with Gasteiger partial charge in [0.1, 0.15) is 11.1 Å². The molecule has 4 aromatic rings. The topological polar surface area (TPSA) is 95.6 Å². The summed E-state index contributed by atoms with van der Waals surface area (Å²) in [6, 6.07) is 20.5. The highest BCUT2D eigenvalue weighted by molar-refractivity contribution is 7.99. The zero-order valence-electron chi connectivity index (χ0n) is 20.7. The molecule has 0 atom stereocenters. The van der Waals surface area contributed by atoms with Crippen molar-refractivity contribution in [1.29, 1.82) is 5.26 Å². The third-order valence-corrected chi connectivity index (χ3v) is 8.53.